The van der Waals surface area contributed by atoms with E-state index in [1.807, 2.05) is 52.9 Å². The zero-order valence-corrected chi connectivity index (χ0v) is 24.3. The minimum absolute atomic E-state index is 0.171. The molecule has 37 heavy (non-hydrogen) atoms. The van der Waals surface area contributed by atoms with Crippen LogP contribution < -0.4 is 9.80 Å². The SMILES string of the molecule is CN(C)CCN(C)c1nc(N2CCN(C(=O)OC(C)(C)C)CC2)c2cc3cc(Cl)c(Br)c(F)c3nc2n1. The predicted octanol–water partition coefficient (Wildman–Crippen LogP) is 4.79. The maximum atomic E-state index is 15.0. The van der Waals surface area contributed by atoms with Crippen molar-refractivity contribution in [3.63, 3.8) is 0 Å². The van der Waals surface area contributed by atoms with E-state index in [0.29, 0.717) is 60.9 Å². The lowest BCUT2D eigenvalue weighted by Crippen LogP contribution is -2.50. The molecule has 0 radical (unpaired) electrons. The molecule has 3 aromatic rings. The molecule has 0 atom stereocenters. The predicted molar refractivity (Wildman–Crippen MR) is 149 cm³/mol. The molecule has 0 unspecified atom stereocenters. The number of carbonyl (C=O) groups excluding carboxylic acids is 1. The van der Waals surface area contributed by atoms with Gasteiger partial charge >= 0.3 is 6.09 Å². The summed E-state index contributed by atoms with van der Waals surface area (Å²) in [5, 5.41) is 1.52. The van der Waals surface area contributed by atoms with Gasteiger partial charge in [0.25, 0.3) is 0 Å². The zero-order chi connectivity index (χ0) is 27.1. The molecule has 12 heteroatoms. The third-order valence-electron chi connectivity index (χ3n) is 6.03. The molecule has 0 bridgehead atoms. The van der Waals surface area contributed by atoms with E-state index in [9.17, 15) is 4.79 Å². The number of piperazine rings is 1. The Bertz CT molecular complexity index is 1330. The molecular formula is C25H32BrClFN7O2. The highest BCUT2D eigenvalue weighted by molar-refractivity contribution is 9.10. The van der Waals surface area contributed by atoms with E-state index < -0.39 is 11.4 Å². The molecule has 1 aliphatic rings. The molecule has 9 nitrogen and oxygen atoms in total. The van der Waals surface area contributed by atoms with Gasteiger partial charge in [0.15, 0.2) is 11.5 Å². The van der Waals surface area contributed by atoms with Gasteiger partial charge < -0.3 is 24.3 Å². The van der Waals surface area contributed by atoms with Crippen LogP contribution in [0.3, 0.4) is 0 Å². The Morgan fingerprint density at radius 1 is 1.11 bits per heavy atom. The lowest BCUT2D eigenvalue weighted by Gasteiger charge is -2.36. The summed E-state index contributed by atoms with van der Waals surface area (Å²) in [6.07, 6.45) is -0.327. The summed E-state index contributed by atoms with van der Waals surface area (Å²) in [6, 6.07) is 3.51. The molecule has 1 aliphatic heterocycles. The average Bonchev–Trinajstić information content (AvgIpc) is 2.83. The number of rotatable bonds is 5. The first-order valence-electron chi connectivity index (χ1n) is 12.1. The van der Waals surface area contributed by atoms with E-state index in [0.717, 1.165) is 6.54 Å². The highest BCUT2D eigenvalue weighted by atomic mass is 79.9. The molecule has 3 heterocycles. The highest BCUT2D eigenvalue weighted by Crippen LogP contribution is 2.35. The standard InChI is InChI=1S/C25H32BrClFN7O2/c1-25(2,3)37-24(36)35-11-9-34(10-12-35)22-16-13-15-14-17(27)18(26)19(28)20(15)29-21(16)30-23(31-22)33(6)8-7-32(4)5/h13-14H,7-12H2,1-6H3. The molecule has 1 fully saturated rings. The summed E-state index contributed by atoms with van der Waals surface area (Å²) < 4.78 is 20.7. The first-order chi connectivity index (χ1) is 17.3. The van der Waals surface area contributed by atoms with E-state index in [-0.39, 0.29) is 21.1 Å². The van der Waals surface area contributed by atoms with Crippen molar-refractivity contribution < 1.29 is 13.9 Å². The van der Waals surface area contributed by atoms with Crippen LogP contribution in [0.5, 0.6) is 0 Å². The Labute approximate surface area is 229 Å². The fraction of sp³-hybridized carbons (Fsp3) is 0.520. The fourth-order valence-electron chi connectivity index (χ4n) is 4.03. The molecule has 200 valence electrons. The third kappa shape index (κ3) is 6.15. The number of amides is 1. The summed E-state index contributed by atoms with van der Waals surface area (Å²) in [6.45, 7) is 9.16. The number of ether oxygens (including phenoxy) is 1. The molecule has 0 N–H and O–H groups in total. The summed E-state index contributed by atoms with van der Waals surface area (Å²) in [5.41, 5.74) is 0.0263. The van der Waals surface area contributed by atoms with Crippen molar-refractivity contribution in [1.29, 1.82) is 0 Å². The maximum absolute atomic E-state index is 15.0. The summed E-state index contributed by atoms with van der Waals surface area (Å²) in [4.78, 5) is 34.6. The third-order valence-corrected chi connectivity index (χ3v) is 7.33. The van der Waals surface area contributed by atoms with Gasteiger partial charge in [-0.05, 0) is 62.9 Å². The molecule has 1 aromatic carbocycles. The first kappa shape index (κ1) is 27.5. The number of hydrogen-bond acceptors (Lipinski definition) is 8. The average molecular weight is 597 g/mol. The van der Waals surface area contributed by atoms with Crippen molar-refractivity contribution in [1.82, 2.24) is 24.8 Å². The van der Waals surface area contributed by atoms with E-state index in [2.05, 4.69) is 30.7 Å². The topological polar surface area (TPSA) is 77.9 Å². The van der Waals surface area contributed by atoms with Crippen LogP contribution in [-0.2, 0) is 4.74 Å². The molecule has 4 rings (SSSR count). The Hall–Kier alpha value is -2.50. The summed E-state index contributed by atoms with van der Waals surface area (Å²) in [5.74, 6) is 0.659. The molecule has 0 aliphatic carbocycles. The monoisotopic (exact) mass is 595 g/mol. The number of fused-ring (bicyclic) bond motifs is 2. The Kier molecular flexibility index (Phi) is 7.96. The molecule has 0 saturated carbocycles. The van der Waals surface area contributed by atoms with Crippen LogP contribution in [0.25, 0.3) is 21.9 Å². The van der Waals surface area contributed by atoms with E-state index in [1.165, 1.54) is 0 Å². The normalized spacial score (nSPS) is 14.6. The largest absolute Gasteiger partial charge is 0.444 e. The van der Waals surface area contributed by atoms with Crippen molar-refractivity contribution in [2.75, 3.05) is 70.2 Å². The quantitative estimate of drug-likeness (QED) is 0.308. The Morgan fingerprint density at radius 3 is 2.41 bits per heavy atom. The first-order valence-corrected chi connectivity index (χ1v) is 13.3. The van der Waals surface area contributed by atoms with Gasteiger partial charge in [-0.1, -0.05) is 11.6 Å². The second-order valence-electron chi connectivity index (χ2n) is 10.4. The summed E-state index contributed by atoms with van der Waals surface area (Å²) in [7, 11) is 5.93. The molecular weight excluding hydrogens is 565 g/mol. The highest BCUT2D eigenvalue weighted by Gasteiger charge is 2.28. The molecule has 1 saturated heterocycles. The van der Waals surface area contributed by atoms with Crippen LogP contribution in [0, 0.1) is 5.82 Å². The zero-order valence-electron chi connectivity index (χ0n) is 22.0. The number of aromatic nitrogens is 3. The lowest BCUT2D eigenvalue weighted by atomic mass is 10.1. The van der Waals surface area contributed by atoms with E-state index in [4.69, 9.17) is 26.3 Å². The van der Waals surface area contributed by atoms with Gasteiger partial charge in [-0.3, -0.25) is 0 Å². The van der Waals surface area contributed by atoms with Gasteiger partial charge in [-0.25, -0.2) is 14.2 Å². The number of hydrogen-bond donors (Lipinski definition) is 0. The smallest absolute Gasteiger partial charge is 0.410 e. The van der Waals surface area contributed by atoms with Crippen LogP contribution in [0.4, 0.5) is 21.0 Å². The number of pyridine rings is 1. The van der Waals surface area contributed by atoms with Crippen LogP contribution in [0.15, 0.2) is 16.6 Å². The van der Waals surface area contributed by atoms with Gasteiger partial charge in [-0.15, -0.1) is 0 Å². The molecule has 1 amide bonds. The van der Waals surface area contributed by atoms with Crippen LogP contribution >= 0.6 is 27.5 Å². The van der Waals surface area contributed by atoms with Gasteiger partial charge in [0.1, 0.15) is 16.9 Å². The molecule has 2 aromatic heterocycles. The number of anilines is 2. The van der Waals surface area contributed by atoms with Crippen molar-refractivity contribution in [2.45, 2.75) is 26.4 Å². The van der Waals surface area contributed by atoms with Crippen molar-refractivity contribution in [3.8, 4) is 0 Å². The van der Waals surface area contributed by atoms with E-state index >= 15 is 4.39 Å². The Morgan fingerprint density at radius 2 is 1.78 bits per heavy atom. The van der Waals surface area contributed by atoms with Gasteiger partial charge in [0.05, 0.1) is 14.9 Å². The summed E-state index contributed by atoms with van der Waals surface area (Å²) >= 11 is 9.44. The lowest BCUT2D eigenvalue weighted by molar-refractivity contribution is 0.0240. The van der Waals surface area contributed by atoms with Crippen molar-refractivity contribution in [2.24, 2.45) is 0 Å². The van der Waals surface area contributed by atoms with Crippen LogP contribution in [0.2, 0.25) is 5.02 Å². The van der Waals surface area contributed by atoms with Crippen molar-refractivity contribution in [3.05, 3.63) is 27.4 Å². The van der Waals surface area contributed by atoms with E-state index in [1.54, 1.807) is 11.0 Å². The second kappa shape index (κ2) is 10.7. The number of benzene rings is 1. The maximum Gasteiger partial charge on any atom is 0.410 e. The van der Waals surface area contributed by atoms with Crippen LogP contribution in [-0.4, -0.2) is 96.9 Å². The fourth-order valence-corrected chi connectivity index (χ4v) is 4.53. The van der Waals surface area contributed by atoms with Gasteiger partial charge in [0, 0.05) is 51.7 Å². The van der Waals surface area contributed by atoms with Crippen LogP contribution in [0.1, 0.15) is 20.8 Å². The number of halogens is 3. The Balaban J connectivity index is 1.74. The molecule has 0 spiro atoms. The number of carbonyl (C=O) groups is 1. The minimum atomic E-state index is -0.554. The van der Waals surface area contributed by atoms with Crippen molar-refractivity contribution >= 4 is 67.3 Å². The second-order valence-corrected chi connectivity index (χ2v) is 11.6. The number of likely N-dealkylation sites (N-methyl/N-ethyl adjacent to an activating group) is 2. The number of nitrogens with zero attached hydrogens (tertiary/aromatic N) is 7. The minimum Gasteiger partial charge on any atom is -0.444 e. The van der Waals surface area contributed by atoms with Gasteiger partial charge in [-0.2, -0.15) is 9.97 Å². The van der Waals surface area contributed by atoms with Gasteiger partial charge in [0.2, 0.25) is 5.95 Å².